The van der Waals surface area contributed by atoms with Gasteiger partial charge in [-0.25, -0.2) is 4.39 Å². The molecule has 0 fully saturated rings. The maximum absolute atomic E-state index is 13.4. The van der Waals surface area contributed by atoms with Crippen LogP contribution in [0, 0.1) is 15.9 Å². The van der Waals surface area contributed by atoms with Crippen molar-refractivity contribution in [2.45, 2.75) is 25.8 Å². The molecule has 0 aliphatic carbocycles. The van der Waals surface area contributed by atoms with Gasteiger partial charge in [0, 0.05) is 24.8 Å². The molecule has 100 valence electrons. The Morgan fingerprint density at radius 3 is 2.83 bits per heavy atom. The summed E-state index contributed by atoms with van der Waals surface area (Å²) in [7, 11) is 0. The smallest absolute Gasteiger partial charge is 0.293 e. The van der Waals surface area contributed by atoms with Crippen LogP contribution in [0.2, 0.25) is 0 Å². The van der Waals surface area contributed by atoms with Crippen LogP contribution in [0.1, 0.15) is 19.8 Å². The number of nitro benzene ring substituents is 1. The molecule has 0 aromatic heterocycles. The van der Waals surface area contributed by atoms with Gasteiger partial charge in [-0.05, 0) is 35.7 Å². The Morgan fingerprint density at radius 2 is 2.28 bits per heavy atom. The number of hydrogen-bond donors (Lipinski definition) is 2. The third kappa shape index (κ3) is 3.92. The zero-order valence-corrected chi connectivity index (χ0v) is 11.4. The molecule has 0 bridgehead atoms. The molecule has 0 radical (unpaired) electrons. The Bertz CT molecular complexity index is 443. The van der Waals surface area contributed by atoms with Gasteiger partial charge in [0.1, 0.15) is 11.5 Å². The number of nitrogens with one attached hydrogen (secondary N) is 1. The number of benzene rings is 1. The highest BCUT2D eigenvalue weighted by Crippen LogP contribution is 2.31. The molecule has 0 saturated heterocycles. The minimum atomic E-state index is -0.564. The average Bonchev–Trinajstić information content (AvgIpc) is 2.30. The quantitative estimate of drug-likeness (QED) is 0.624. The van der Waals surface area contributed by atoms with Crippen LogP contribution in [0.25, 0.3) is 0 Å². The Hall–Kier alpha value is -1.21. The van der Waals surface area contributed by atoms with E-state index in [0.717, 1.165) is 12.1 Å². The number of nitro groups is 1. The van der Waals surface area contributed by atoms with E-state index in [1.54, 1.807) is 0 Å². The Balaban J connectivity index is 2.93. The fourth-order valence-electron chi connectivity index (χ4n) is 1.54. The van der Waals surface area contributed by atoms with Gasteiger partial charge in [0.05, 0.1) is 9.40 Å². The van der Waals surface area contributed by atoms with Crippen LogP contribution < -0.4 is 5.32 Å². The maximum Gasteiger partial charge on any atom is 0.293 e. The molecule has 1 rings (SSSR count). The molecule has 1 atom stereocenters. The first-order chi connectivity index (χ1) is 8.45. The van der Waals surface area contributed by atoms with E-state index >= 15 is 0 Å². The van der Waals surface area contributed by atoms with Gasteiger partial charge in [0.15, 0.2) is 0 Å². The van der Waals surface area contributed by atoms with Crippen molar-refractivity contribution >= 4 is 27.3 Å². The average molecular weight is 321 g/mol. The summed E-state index contributed by atoms with van der Waals surface area (Å²) in [5.41, 5.74) is -0.0368. The van der Waals surface area contributed by atoms with Crippen molar-refractivity contribution in [2.24, 2.45) is 0 Å². The van der Waals surface area contributed by atoms with Gasteiger partial charge >= 0.3 is 0 Å². The summed E-state index contributed by atoms with van der Waals surface area (Å²) in [5, 5.41) is 22.4. The third-order valence-corrected chi connectivity index (χ3v) is 3.04. The molecule has 18 heavy (non-hydrogen) atoms. The molecule has 1 aromatic rings. The maximum atomic E-state index is 13.4. The van der Waals surface area contributed by atoms with Gasteiger partial charge in [0.25, 0.3) is 5.69 Å². The molecule has 0 aliphatic heterocycles. The molecule has 0 saturated carbocycles. The topological polar surface area (TPSA) is 75.4 Å². The molecule has 1 aromatic carbocycles. The van der Waals surface area contributed by atoms with Crippen molar-refractivity contribution in [3.63, 3.8) is 0 Å². The first-order valence-electron chi connectivity index (χ1n) is 5.46. The van der Waals surface area contributed by atoms with Gasteiger partial charge in [-0.1, -0.05) is 0 Å². The van der Waals surface area contributed by atoms with Gasteiger partial charge in [-0.15, -0.1) is 0 Å². The fraction of sp³-hybridized carbons (Fsp3) is 0.455. The predicted molar refractivity (Wildman–Crippen MR) is 70.2 cm³/mol. The molecular weight excluding hydrogens is 307 g/mol. The summed E-state index contributed by atoms with van der Waals surface area (Å²) in [6.07, 6.45) is 1.23. The van der Waals surface area contributed by atoms with E-state index in [1.807, 2.05) is 6.92 Å². The SMILES string of the molecule is CC(CCCO)Nc1cc(F)c(Br)cc1[N+](=O)[O-]. The standard InChI is InChI=1S/C11H14BrFN2O3/c1-7(3-2-4-16)14-10-6-9(13)8(12)5-11(10)15(17)18/h5-7,14,16H,2-4H2,1H3. The van der Waals surface area contributed by atoms with Crippen LogP contribution in [0.3, 0.4) is 0 Å². The van der Waals surface area contributed by atoms with Crippen molar-refractivity contribution in [3.05, 3.63) is 32.5 Å². The number of rotatable bonds is 6. The number of anilines is 1. The number of aliphatic hydroxyl groups excluding tert-OH is 1. The van der Waals surface area contributed by atoms with Crippen molar-refractivity contribution in [1.82, 2.24) is 0 Å². The van der Waals surface area contributed by atoms with E-state index in [2.05, 4.69) is 21.2 Å². The summed E-state index contributed by atoms with van der Waals surface area (Å²) in [6, 6.07) is 2.14. The largest absolute Gasteiger partial charge is 0.396 e. The van der Waals surface area contributed by atoms with Crippen LogP contribution in [0.4, 0.5) is 15.8 Å². The second kappa shape index (κ2) is 6.65. The third-order valence-electron chi connectivity index (χ3n) is 2.43. The van der Waals surface area contributed by atoms with Crippen LogP contribution in [-0.2, 0) is 0 Å². The fourth-order valence-corrected chi connectivity index (χ4v) is 1.87. The minimum Gasteiger partial charge on any atom is -0.396 e. The monoisotopic (exact) mass is 320 g/mol. The van der Waals surface area contributed by atoms with E-state index in [-0.39, 0.29) is 28.5 Å². The van der Waals surface area contributed by atoms with Gasteiger partial charge in [0.2, 0.25) is 0 Å². The number of halogens is 2. The van der Waals surface area contributed by atoms with Crippen LogP contribution in [0.15, 0.2) is 16.6 Å². The highest BCUT2D eigenvalue weighted by Gasteiger charge is 2.18. The molecule has 7 heteroatoms. The van der Waals surface area contributed by atoms with E-state index in [0.29, 0.717) is 12.8 Å². The highest BCUT2D eigenvalue weighted by atomic mass is 79.9. The van der Waals surface area contributed by atoms with Crippen molar-refractivity contribution in [1.29, 1.82) is 0 Å². The minimum absolute atomic E-state index is 0.0581. The molecular formula is C11H14BrFN2O3. The summed E-state index contributed by atoms with van der Waals surface area (Å²) < 4.78 is 13.4. The normalized spacial score (nSPS) is 12.2. The second-order valence-electron chi connectivity index (χ2n) is 3.95. The lowest BCUT2D eigenvalue weighted by Crippen LogP contribution is -2.16. The number of hydrogen-bond acceptors (Lipinski definition) is 4. The van der Waals surface area contributed by atoms with Crippen LogP contribution in [0.5, 0.6) is 0 Å². The Morgan fingerprint density at radius 1 is 1.61 bits per heavy atom. The van der Waals surface area contributed by atoms with E-state index in [9.17, 15) is 14.5 Å². The lowest BCUT2D eigenvalue weighted by molar-refractivity contribution is -0.384. The zero-order chi connectivity index (χ0) is 13.7. The van der Waals surface area contributed by atoms with Gasteiger partial charge in [-0.3, -0.25) is 10.1 Å². The van der Waals surface area contributed by atoms with E-state index in [1.165, 1.54) is 0 Å². The lowest BCUT2D eigenvalue weighted by Gasteiger charge is -2.15. The Kier molecular flexibility index (Phi) is 5.49. The molecule has 5 nitrogen and oxygen atoms in total. The zero-order valence-electron chi connectivity index (χ0n) is 9.82. The van der Waals surface area contributed by atoms with Gasteiger partial charge in [-0.2, -0.15) is 0 Å². The summed E-state index contributed by atoms with van der Waals surface area (Å²) in [4.78, 5) is 10.3. The lowest BCUT2D eigenvalue weighted by atomic mass is 10.1. The first-order valence-corrected chi connectivity index (χ1v) is 6.25. The highest BCUT2D eigenvalue weighted by molar-refractivity contribution is 9.10. The van der Waals surface area contributed by atoms with E-state index < -0.39 is 10.7 Å². The summed E-state index contributed by atoms with van der Waals surface area (Å²) in [6.45, 7) is 1.88. The van der Waals surface area contributed by atoms with Crippen LogP contribution in [-0.4, -0.2) is 22.7 Å². The Labute approximate surface area is 112 Å². The molecule has 0 heterocycles. The van der Waals surface area contributed by atoms with E-state index in [4.69, 9.17) is 5.11 Å². The van der Waals surface area contributed by atoms with Crippen molar-refractivity contribution in [2.75, 3.05) is 11.9 Å². The van der Waals surface area contributed by atoms with Crippen molar-refractivity contribution in [3.8, 4) is 0 Å². The molecule has 0 spiro atoms. The second-order valence-corrected chi connectivity index (χ2v) is 4.81. The molecule has 0 amide bonds. The molecule has 2 N–H and O–H groups in total. The predicted octanol–water partition coefficient (Wildman–Crippen LogP) is 3.07. The number of nitrogens with zero attached hydrogens (tertiary/aromatic N) is 1. The first kappa shape index (κ1) is 14.8. The number of aliphatic hydroxyl groups is 1. The summed E-state index contributed by atoms with van der Waals surface area (Å²) in [5.74, 6) is -0.558. The molecule has 0 aliphatic rings. The van der Waals surface area contributed by atoms with Crippen molar-refractivity contribution < 1.29 is 14.4 Å². The summed E-state index contributed by atoms with van der Waals surface area (Å²) >= 11 is 2.92. The molecule has 1 unspecified atom stereocenters. The van der Waals surface area contributed by atoms with Gasteiger partial charge < -0.3 is 10.4 Å². The van der Waals surface area contributed by atoms with Crippen LogP contribution >= 0.6 is 15.9 Å².